The van der Waals surface area contributed by atoms with Crippen LogP contribution in [0, 0.1) is 12.7 Å². The maximum Gasteiger partial charge on any atom is 0.264 e. The highest BCUT2D eigenvalue weighted by Crippen LogP contribution is 2.27. The molecule has 0 aliphatic carbocycles. The first-order chi connectivity index (χ1) is 9.86. The van der Waals surface area contributed by atoms with Crippen molar-refractivity contribution in [3.05, 3.63) is 53.8 Å². The van der Waals surface area contributed by atoms with E-state index in [1.54, 1.807) is 32.0 Å². The van der Waals surface area contributed by atoms with E-state index in [0.717, 1.165) is 4.31 Å². The average Bonchev–Trinajstić information content (AvgIpc) is 2.42. The third-order valence-electron chi connectivity index (χ3n) is 3.16. The van der Waals surface area contributed by atoms with Crippen LogP contribution in [0.3, 0.4) is 0 Å². The van der Waals surface area contributed by atoms with Gasteiger partial charge in [-0.05, 0) is 49.7 Å². The van der Waals surface area contributed by atoms with Gasteiger partial charge >= 0.3 is 0 Å². The fourth-order valence-electron chi connectivity index (χ4n) is 2.14. The molecule has 6 heteroatoms. The second kappa shape index (κ2) is 5.73. The van der Waals surface area contributed by atoms with Gasteiger partial charge in [-0.25, -0.2) is 12.8 Å². The second-order valence-corrected chi connectivity index (χ2v) is 6.51. The smallest absolute Gasteiger partial charge is 0.264 e. The summed E-state index contributed by atoms with van der Waals surface area (Å²) in [6.07, 6.45) is 0. The Bertz CT molecular complexity index is 760. The van der Waals surface area contributed by atoms with Gasteiger partial charge in [-0.2, -0.15) is 0 Å². The molecule has 0 radical (unpaired) electrons. The maximum atomic E-state index is 13.4. The Morgan fingerprint density at radius 3 is 2.52 bits per heavy atom. The maximum absolute atomic E-state index is 13.4. The fourth-order valence-corrected chi connectivity index (χ4v) is 3.86. The van der Waals surface area contributed by atoms with Crippen molar-refractivity contribution in [3.63, 3.8) is 0 Å². The highest BCUT2D eigenvalue weighted by atomic mass is 32.2. The molecule has 0 heterocycles. The first kappa shape index (κ1) is 15.3. The predicted molar refractivity (Wildman–Crippen MR) is 82.2 cm³/mol. The summed E-state index contributed by atoms with van der Waals surface area (Å²) in [5.41, 5.74) is 6.94. The Labute approximate surface area is 124 Å². The second-order valence-electron chi connectivity index (χ2n) is 4.67. The highest BCUT2D eigenvalue weighted by molar-refractivity contribution is 7.92. The zero-order chi connectivity index (χ0) is 15.6. The van der Waals surface area contributed by atoms with Gasteiger partial charge < -0.3 is 5.73 Å². The quantitative estimate of drug-likeness (QED) is 0.883. The number of aryl methyl sites for hydroxylation is 1. The molecule has 112 valence electrons. The van der Waals surface area contributed by atoms with Gasteiger partial charge in [0, 0.05) is 12.2 Å². The van der Waals surface area contributed by atoms with Crippen LogP contribution >= 0.6 is 0 Å². The molecule has 0 aromatic heterocycles. The number of sulfonamides is 1. The minimum absolute atomic E-state index is 0.133. The average molecular weight is 308 g/mol. The van der Waals surface area contributed by atoms with E-state index >= 15 is 0 Å². The van der Waals surface area contributed by atoms with Gasteiger partial charge in [0.15, 0.2) is 0 Å². The molecule has 2 aromatic rings. The van der Waals surface area contributed by atoms with Gasteiger partial charge in [0.1, 0.15) is 5.82 Å². The fraction of sp³-hybridized carbons (Fsp3) is 0.200. The summed E-state index contributed by atoms with van der Waals surface area (Å²) in [7, 11) is -3.79. The summed E-state index contributed by atoms with van der Waals surface area (Å²) < 4.78 is 40.1. The van der Waals surface area contributed by atoms with Gasteiger partial charge in [0.25, 0.3) is 10.0 Å². The molecule has 2 N–H and O–H groups in total. The summed E-state index contributed by atoms with van der Waals surface area (Å²) >= 11 is 0. The summed E-state index contributed by atoms with van der Waals surface area (Å²) in [5.74, 6) is -0.481. The molecule has 2 aromatic carbocycles. The van der Waals surface area contributed by atoms with Crippen molar-refractivity contribution in [2.45, 2.75) is 18.7 Å². The minimum Gasteiger partial charge on any atom is -0.399 e. The molecule has 2 rings (SSSR count). The topological polar surface area (TPSA) is 63.4 Å². The van der Waals surface area contributed by atoms with E-state index in [2.05, 4.69) is 0 Å². The SMILES string of the molecule is CCN(c1cccc(F)c1)S(=O)(=O)c1cc(N)ccc1C. The summed E-state index contributed by atoms with van der Waals surface area (Å²) in [6.45, 7) is 3.59. The van der Waals surface area contributed by atoms with Crippen LogP contribution in [-0.2, 0) is 10.0 Å². The number of hydrogen-bond acceptors (Lipinski definition) is 3. The lowest BCUT2D eigenvalue weighted by atomic mass is 10.2. The van der Waals surface area contributed by atoms with E-state index in [0.29, 0.717) is 16.9 Å². The third kappa shape index (κ3) is 3.00. The van der Waals surface area contributed by atoms with Crippen LogP contribution < -0.4 is 10.0 Å². The summed E-state index contributed by atoms with van der Waals surface area (Å²) in [4.78, 5) is 0.133. The lowest BCUT2D eigenvalue weighted by molar-refractivity contribution is 0.591. The van der Waals surface area contributed by atoms with E-state index in [-0.39, 0.29) is 11.4 Å². The zero-order valence-corrected chi connectivity index (χ0v) is 12.7. The van der Waals surface area contributed by atoms with Gasteiger partial charge in [0.05, 0.1) is 10.6 Å². The molecule has 0 unspecified atom stereocenters. The molecular weight excluding hydrogens is 291 g/mol. The van der Waals surface area contributed by atoms with Crippen LogP contribution in [0.25, 0.3) is 0 Å². The lowest BCUT2D eigenvalue weighted by Gasteiger charge is -2.24. The van der Waals surface area contributed by atoms with Gasteiger partial charge in [-0.1, -0.05) is 12.1 Å². The molecule has 0 aliphatic heterocycles. The molecule has 0 fully saturated rings. The number of nitrogen functional groups attached to an aromatic ring is 1. The lowest BCUT2D eigenvalue weighted by Crippen LogP contribution is -2.31. The summed E-state index contributed by atoms with van der Waals surface area (Å²) in [6, 6.07) is 10.2. The van der Waals surface area contributed by atoms with Crippen molar-refractivity contribution < 1.29 is 12.8 Å². The van der Waals surface area contributed by atoms with E-state index in [1.165, 1.54) is 24.3 Å². The van der Waals surface area contributed by atoms with E-state index in [4.69, 9.17) is 5.73 Å². The molecule has 0 saturated heterocycles. The first-order valence-electron chi connectivity index (χ1n) is 6.50. The Hall–Kier alpha value is -2.08. The molecule has 0 aliphatic rings. The van der Waals surface area contributed by atoms with Crippen LogP contribution in [0.2, 0.25) is 0 Å². The largest absolute Gasteiger partial charge is 0.399 e. The van der Waals surface area contributed by atoms with Gasteiger partial charge in [-0.15, -0.1) is 0 Å². The Morgan fingerprint density at radius 1 is 1.19 bits per heavy atom. The van der Waals surface area contributed by atoms with Crippen molar-refractivity contribution >= 4 is 21.4 Å². The molecule has 0 bridgehead atoms. The van der Waals surface area contributed by atoms with Crippen LogP contribution in [0.15, 0.2) is 47.4 Å². The van der Waals surface area contributed by atoms with Crippen molar-refractivity contribution in [2.75, 3.05) is 16.6 Å². The van der Waals surface area contributed by atoms with Crippen molar-refractivity contribution in [1.82, 2.24) is 0 Å². The number of nitrogens with two attached hydrogens (primary N) is 1. The number of halogens is 1. The van der Waals surface area contributed by atoms with Crippen molar-refractivity contribution in [2.24, 2.45) is 0 Å². The van der Waals surface area contributed by atoms with Crippen molar-refractivity contribution in [3.8, 4) is 0 Å². The molecule has 0 saturated carbocycles. The molecule has 0 amide bonds. The van der Waals surface area contributed by atoms with E-state index in [1.807, 2.05) is 0 Å². The Balaban J connectivity index is 2.57. The number of benzene rings is 2. The van der Waals surface area contributed by atoms with Crippen molar-refractivity contribution in [1.29, 1.82) is 0 Å². The summed E-state index contributed by atoms with van der Waals surface area (Å²) in [5, 5.41) is 0. The Morgan fingerprint density at radius 2 is 1.90 bits per heavy atom. The third-order valence-corrected chi connectivity index (χ3v) is 5.21. The first-order valence-corrected chi connectivity index (χ1v) is 7.94. The standard InChI is InChI=1S/C15H17FN2O2S/c1-3-18(14-6-4-5-12(16)9-14)21(19,20)15-10-13(17)8-7-11(15)2/h4-10H,3,17H2,1-2H3. The zero-order valence-electron chi connectivity index (χ0n) is 11.9. The normalized spacial score (nSPS) is 11.4. The predicted octanol–water partition coefficient (Wildman–Crippen LogP) is 2.93. The molecule has 0 atom stereocenters. The monoisotopic (exact) mass is 308 g/mol. The van der Waals surface area contributed by atoms with Crippen LogP contribution in [0.5, 0.6) is 0 Å². The van der Waals surface area contributed by atoms with Crippen LogP contribution in [0.1, 0.15) is 12.5 Å². The highest BCUT2D eigenvalue weighted by Gasteiger charge is 2.25. The van der Waals surface area contributed by atoms with E-state index in [9.17, 15) is 12.8 Å². The number of hydrogen-bond donors (Lipinski definition) is 1. The van der Waals surface area contributed by atoms with Gasteiger partial charge in [0.2, 0.25) is 0 Å². The molecular formula is C15H17FN2O2S. The van der Waals surface area contributed by atoms with Crippen LogP contribution in [0.4, 0.5) is 15.8 Å². The Kier molecular flexibility index (Phi) is 4.18. The molecule has 21 heavy (non-hydrogen) atoms. The number of rotatable bonds is 4. The van der Waals surface area contributed by atoms with E-state index < -0.39 is 15.8 Å². The van der Waals surface area contributed by atoms with Crippen LogP contribution in [-0.4, -0.2) is 15.0 Å². The molecule has 4 nitrogen and oxygen atoms in total. The van der Waals surface area contributed by atoms with Gasteiger partial charge in [-0.3, -0.25) is 4.31 Å². The number of anilines is 2. The molecule has 0 spiro atoms. The number of nitrogens with zero attached hydrogens (tertiary/aromatic N) is 1. The minimum atomic E-state index is -3.79.